The minimum atomic E-state index is -0.716. The lowest BCUT2D eigenvalue weighted by atomic mass is 9.77. The highest BCUT2D eigenvalue weighted by Gasteiger charge is 2.22. The van der Waals surface area contributed by atoms with E-state index in [1.807, 2.05) is 0 Å². The second-order valence-corrected chi connectivity index (χ2v) is 9.53. The lowest BCUT2D eigenvalue weighted by Gasteiger charge is -2.28. The minimum Gasteiger partial charge on any atom is -0.195 e. The first kappa shape index (κ1) is 23.5. The van der Waals surface area contributed by atoms with Gasteiger partial charge < -0.3 is 0 Å². The zero-order chi connectivity index (χ0) is 21.9. The van der Waals surface area contributed by atoms with E-state index in [1.165, 1.54) is 75.5 Å². The minimum absolute atomic E-state index is 0.524. The Morgan fingerprint density at radius 3 is 2.00 bits per heavy atom. The predicted octanol–water partition coefficient (Wildman–Crippen LogP) is 8.60. The number of unbranched alkanes of at least 4 members (excludes halogenated alkanes) is 1. The van der Waals surface area contributed by atoms with E-state index in [0.29, 0.717) is 11.8 Å². The Hall–Kier alpha value is -2.14. The predicted molar refractivity (Wildman–Crippen MR) is 128 cm³/mol. The molecule has 0 aliphatic heterocycles. The van der Waals surface area contributed by atoms with Crippen LogP contribution in [0.15, 0.2) is 60.5 Å². The Kier molecular flexibility index (Phi) is 9.60. The third-order valence-corrected chi connectivity index (χ3v) is 7.25. The van der Waals surface area contributed by atoms with Crippen LogP contribution in [0, 0.1) is 29.1 Å². The van der Waals surface area contributed by atoms with E-state index in [0.717, 1.165) is 24.7 Å². The second kappa shape index (κ2) is 12.7. The van der Waals surface area contributed by atoms with Gasteiger partial charge in [-0.1, -0.05) is 61.9 Å². The molecule has 0 amide bonds. The van der Waals surface area contributed by atoms with Crippen molar-refractivity contribution in [1.29, 1.82) is 5.26 Å². The standard InChI is InChI=1S/C29H38FN/c1-2-3-5-23-14-18-27(19-15-23)28-20-16-26(17-21-28)13-12-25-10-8-24(9-11-25)6-4-7-29(30)22-31/h4,6-7,12-15,18-19,24-26,28H,2-3,5,8-11,16-17,20-21H2,1H3. The van der Waals surface area contributed by atoms with E-state index < -0.39 is 5.83 Å². The van der Waals surface area contributed by atoms with Crippen molar-refractivity contribution < 1.29 is 4.39 Å². The van der Waals surface area contributed by atoms with Crippen LogP contribution in [-0.2, 0) is 6.42 Å². The molecule has 0 radical (unpaired) electrons. The van der Waals surface area contributed by atoms with Crippen LogP contribution in [0.2, 0.25) is 0 Å². The Bertz CT molecular complexity index is 779. The number of rotatable bonds is 8. The summed E-state index contributed by atoms with van der Waals surface area (Å²) in [7, 11) is 0. The number of halogens is 1. The van der Waals surface area contributed by atoms with Crippen LogP contribution in [-0.4, -0.2) is 0 Å². The number of nitrogens with zero attached hydrogens (tertiary/aromatic N) is 1. The molecule has 31 heavy (non-hydrogen) atoms. The van der Waals surface area contributed by atoms with Crippen molar-refractivity contribution in [2.24, 2.45) is 17.8 Å². The molecule has 0 N–H and O–H groups in total. The maximum absolute atomic E-state index is 12.8. The summed E-state index contributed by atoms with van der Waals surface area (Å²) in [4.78, 5) is 0. The van der Waals surface area contributed by atoms with Crippen molar-refractivity contribution in [2.75, 3.05) is 0 Å². The number of aryl methyl sites for hydroxylation is 1. The monoisotopic (exact) mass is 419 g/mol. The quantitative estimate of drug-likeness (QED) is 0.235. The Labute approximate surface area is 188 Å². The molecule has 0 saturated heterocycles. The molecule has 1 aromatic rings. The van der Waals surface area contributed by atoms with Gasteiger partial charge in [-0.15, -0.1) is 0 Å². The summed E-state index contributed by atoms with van der Waals surface area (Å²) < 4.78 is 12.8. The second-order valence-electron chi connectivity index (χ2n) is 9.53. The molecule has 0 spiro atoms. The maximum atomic E-state index is 12.8. The molecule has 166 valence electrons. The van der Waals surface area contributed by atoms with Crippen molar-refractivity contribution in [3.05, 3.63) is 71.6 Å². The van der Waals surface area contributed by atoms with Gasteiger partial charge in [0.15, 0.2) is 5.83 Å². The third kappa shape index (κ3) is 7.80. The van der Waals surface area contributed by atoms with Gasteiger partial charge in [-0.05, 0) is 105 Å². The van der Waals surface area contributed by atoms with Gasteiger partial charge in [-0.2, -0.15) is 9.65 Å². The number of hydrogen-bond acceptors (Lipinski definition) is 1. The fourth-order valence-corrected chi connectivity index (χ4v) is 5.16. The third-order valence-electron chi connectivity index (χ3n) is 7.25. The average Bonchev–Trinajstić information content (AvgIpc) is 2.83. The zero-order valence-electron chi connectivity index (χ0n) is 19.1. The van der Waals surface area contributed by atoms with Crippen molar-refractivity contribution in [3.8, 4) is 6.07 Å². The first-order chi connectivity index (χ1) is 15.2. The molecule has 1 nitrogen and oxygen atoms in total. The molecule has 0 atom stereocenters. The summed E-state index contributed by atoms with van der Waals surface area (Å²) in [6, 6.07) is 11.0. The molecule has 1 aromatic carbocycles. The van der Waals surface area contributed by atoms with Crippen LogP contribution in [0.4, 0.5) is 4.39 Å². The van der Waals surface area contributed by atoms with E-state index in [2.05, 4.69) is 49.4 Å². The SMILES string of the molecule is CCCCc1ccc(C2CCC(C=CC3CCC(C=CC=C(F)C#N)CC3)CC2)cc1. The van der Waals surface area contributed by atoms with Gasteiger partial charge in [0.25, 0.3) is 0 Å². The van der Waals surface area contributed by atoms with Gasteiger partial charge in [-0.25, -0.2) is 0 Å². The number of hydrogen-bond donors (Lipinski definition) is 0. The zero-order valence-corrected chi connectivity index (χ0v) is 19.1. The highest BCUT2D eigenvalue weighted by molar-refractivity contribution is 5.26. The van der Waals surface area contributed by atoms with Crippen LogP contribution in [0.5, 0.6) is 0 Å². The number of allylic oxidation sites excluding steroid dienone is 6. The van der Waals surface area contributed by atoms with Crippen LogP contribution in [0.1, 0.15) is 88.2 Å². The average molecular weight is 420 g/mol. The van der Waals surface area contributed by atoms with Crippen molar-refractivity contribution in [1.82, 2.24) is 0 Å². The molecule has 3 rings (SSSR count). The Morgan fingerprint density at radius 1 is 0.903 bits per heavy atom. The van der Waals surface area contributed by atoms with E-state index in [1.54, 1.807) is 11.6 Å². The largest absolute Gasteiger partial charge is 0.199 e. The summed E-state index contributed by atoms with van der Waals surface area (Å²) in [5, 5.41) is 8.45. The van der Waals surface area contributed by atoms with E-state index >= 15 is 0 Å². The summed E-state index contributed by atoms with van der Waals surface area (Å²) in [5.41, 5.74) is 3.02. The fourth-order valence-electron chi connectivity index (χ4n) is 5.16. The van der Waals surface area contributed by atoms with Crippen molar-refractivity contribution in [2.45, 2.75) is 83.5 Å². The van der Waals surface area contributed by atoms with Gasteiger partial charge in [-0.3, -0.25) is 0 Å². The molecule has 0 heterocycles. The molecule has 2 aliphatic rings. The van der Waals surface area contributed by atoms with Gasteiger partial charge >= 0.3 is 0 Å². The first-order valence-electron chi connectivity index (χ1n) is 12.4. The Morgan fingerprint density at radius 2 is 1.45 bits per heavy atom. The lowest BCUT2D eigenvalue weighted by molar-refractivity contribution is 0.348. The highest BCUT2D eigenvalue weighted by Crippen LogP contribution is 2.37. The van der Waals surface area contributed by atoms with Crippen LogP contribution >= 0.6 is 0 Å². The molecule has 0 unspecified atom stereocenters. The van der Waals surface area contributed by atoms with Gasteiger partial charge in [0, 0.05) is 0 Å². The topological polar surface area (TPSA) is 23.8 Å². The number of benzene rings is 1. The number of nitriles is 1. The maximum Gasteiger partial charge on any atom is 0.199 e. The summed E-state index contributed by atoms with van der Waals surface area (Å²) in [6.45, 7) is 2.26. The molecule has 2 saturated carbocycles. The van der Waals surface area contributed by atoms with Crippen LogP contribution in [0.25, 0.3) is 0 Å². The smallest absolute Gasteiger partial charge is 0.195 e. The van der Waals surface area contributed by atoms with Gasteiger partial charge in [0.2, 0.25) is 0 Å². The molecular formula is C29H38FN. The highest BCUT2D eigenvalue weighted by atomic mass is 19.1. The molecule has 2 heteroatoms. The normalized spacial score (nSPS) is 27.6. The fraction of sp³-hybridized carbons (Fsp3) is 0.552. The van der Waals surface area contributed by atoms with Crippen LogP contribution < -0.4 is 0 Å². The molecular weight excluding hydrogens is 381 g/mol. The van der Waals surface area contributed by atoms with E-state index in [-0.39, 0.29) is 0 Å². The van der Waals surface area contributed by atoms with Gasteiger partial charge in [0.05, 0.1) is 0 Å². The first-order valence-corrected chi connectivity index (χ1v) is 12.4. The molecule has 0 bridgehead atoms. The summed E-state index contributed by atoms with van der Waals surface area (Å²) >= 11 is 0. The Balaban J connectivity index is 1.38. The van der Waals surface area contributed by atoms with Crippen LogP contribution in [0.3, 0.4) is 0 Å². The van der Waals surface area contributed by atoms with Crippen molar-refractivity contribution in [3.63, 3.8) is 0 Å². The molecule has 2 aliphatic carbocycles. The molecule has 0 aromatic heterocycles. The van der Waals surface area contributed by atoms with Gasteiger partial charge in [0.1, 0.15) is 6.07 Å². The lowest BCUT2D eigenvalue weighted by Crippen LogP contribution is -2.14. The summed E-state index contributed by atoms with van der Waals surface area (Å²) in [6.07, 6.45) is 23.8. The van der Waals surface area contributed by atoms with Crippen molar-refractivity contribution >= 4 is 0 Å². The van der Waals surface area contributed by atoms with E-state index in [4.69, 9.17) is 5.26 Å². The van der Waals surface area contributed by atoms with E-state index in [9.17, 15) is 4.39 Å². The molecule has 2 fully saturated rings. The summed E-state index contributed by atoms with van der Waals surface area (Å²) in [5.74, 6) is 2.00.